The second kappa shape index (κ2) is 4.18. The highest BCUT2D eigenvalue weighted by Gasteiger charge is 1.98. The summed E-state index contributed by atoms with van der Waals surface area (Å²) in [5.74, 6) is 0. The van der Waals surface area contributed by atoms with Crippen LogP contribution in [0.3, 0.4) is 0 Å². The summed E-state index contributed by atoms with van der Waals surface area (Å²) in [6, 6.07) is 5.60. The molecule has 2 rings (SSSR count). The van der Waals surface area contributed by atoms with Crippen molar-refractivity contribution in [3.05, 3.63) is 28.7 Å². The van der Waals surface area contributed by atoms with Gasteiger partial charge in [0.1, 0.15) is 0 Å². The van der Waals surface area contributed by atoms with Gasteiger partial charge in [-0.2, -0.15) is 0 Å². The van der Waals surface area contributed by atoms with E-state index in [0.29, 0.717) is 6.42 Å². The van der Waals surface area contributed by atoms with E-state index >= 15 is 0 Å². The van der Waals surface area contributed by atoms with Crippen molar-refractivity contribution >= 4 is 16.7 Å². The Morgan fingerprint density at radius 1 is 1.27 bits per heavy atom. The molecule has 1 heterocycles. The van der Waals surface area contributed by atoms with Gasteiger partial charge in [-0.1, -0.05) is 0 Å². The Labute approximate surface area is 86.1 Å². The molecular weight excluding hydrogens is 194 g/mol. The van der Waals surface area contributed by atoms with Crippen molar-refractivity contribution in [3.8, 4) is 0 Å². The molecule has 0 spiro atoms. The average Bonchev–Trinajstić information content (AvgIpc) is 2.57. The van der Waals surface area contributed by atoms with Crippen molar-refractivity contribution < 1.29 is 5.11 Å². The molecule has 0 saturated carbocycles. The number of aliphatic hydroxyl groups excluding tert-OH is 1. The summed E-state index contributed by atoms with van der Waals surface area (Å²) in [4.78, 5) is 16.4. The number of hydrogen-bond donors (Lipinski definition) is 4. The Morgan fingerprint density at radius 2 is 2.07 bits per heavy atom. The molecule has 0 saturated heterocycles. The number of H-pyrrole nitrogens is 2. The van der Waals surface area contributed by atoms with Crippen LogP contribution >= 0.6 is 0 Å². The Bertz CT molecular complexity index is 501. The topological polar surface area (TPSA) is 80.9 Å². The van der Waals surface area contributed by atoms with Crippen molar-refractivity contribution in [2.75, 3.05) is 18.5 Å². The first-order valence-electron chi connectivity index (χ1n) is 4.86. The van der Waals surface area contributed by atoms with E-state index < -0.39 is 0 Å². The van der Waals surface area contributed by atoms with E-state index in [1.165, 1.54) is 0 Å². The zero-order valence-corrected chi connectivity index (χ0v) is 8.21. The average molecular weight is 207 g/mol. The quantitative estimate of drug-likeness (QED) is 0.556. The molecule has 0 fully saturated rings. The number of fused-ring (bicyclic) bond motifs is 1. The number of aromatic nitrogens is 2. The lowest BCUT2D eigenvalue weighted by atomic mass is 10.2. The summed E-state index contributed by atoms with van der Waals surface area (Å²) < 4.78 is 0. The van der Waals surface area contributed by atoms with Crippen molar-refractivity contribution in [2.45, 2.75) is 6.42 Å². The maximum absolute atomic E-state index is 11.0. The van der Waals surface area contributed by atoms with Crippen molar-refractivity contribution in [1.82, 2.24) is 9.97 Å². The molecule has 1 aromatic heterocycles. The molecule has 15 heavy (non-hydrogen) atoms. The second-order valence-electron chi connectivity index (χ2n) is 3.34. The number of anilines is 1. The fourth-order valence-corrected chi connectivity index (χ4v) is 1.45. The van der Waals surface area contributed by atoms with Crippen LogP contribution in [-0.4, -0.2) is 28.2 Å². The van der Waals surface area contributed by atoms with Crippen LogP contribution in [-0.2, 0) is 0 Å². The lowest BCUT2D eigenvalue weighted by molar-refractivity contribution is 0.292. The molecule has 0 amide bonds. The van der Waals surface area contributed by atoms with Crippen LogP contribution in [0.25, 0.3) is 11.0 Å². The van der Waals surface area contributed by atoms with Crippen molar-refractivity contribution in [1.29, 1.82) is 0 Å². The van der Waals surface area contributed by atoms with E-state index in [1.54, 1.807) is 0 Å². The third-order valence-electron chi connectivity index (χ3n) is 2.18. The van der Waals surface area contributed by atoms with Crippen molar-refractivity contribution in [3.63, 3.8) is 0 Å². The van der Waals surface area contributed by atoms with Crippen LogP contribution in [0.2, 0.25) is 0 Å². The van der Waals surface area contributed by atoms with Crippen molar-refractivity contribution in [2.24, 2.45) is 0 Å². The molecule has 1 aromatic carbocycles. The van der Waals surface area contributed by atoms with Crippen LogP contribution < -0.4 is 11.0 Å². The Hall–Kier alpha value is -1.75. The third kappa shape index (κ3) is 2.19. The first-order chi connectivity index (χ1) is 7.29. The van der Waals surface area contributed by atoms with Crippen LogP contribution in [0.4, 0.5) is 5.69 Å². The molecule has 2 aromatic rings. The maximum atomic E-state index is 11.0. The molecule has 0 atom stereocenters. The highest BCUT2D eigenvalue weighted by Crippen LogP contribution is 2.14. The van der Waals surface area contributed by atoms with Crippen LogP contribution in [0, 0.1) is 0 Å². The van der Waals surface area contributed by atoms with Gasteiger partial charge in [0.15, 0.2) is 0 Å². The molecule has 80 valence electrons. The van der Waals surface area contributed by atoms with Gasteiger partial charge in [-0.3, -0.25) is 0 Å². The van der Waals surface area contributed by atoms with E-state index in [4.69, 9.17) is 5.11 Å². The van der Waals surface area contributed by atoms with E-state index in [2.05, 4.69) is 15.3 Å². The van der Waals surface area contributed by atoms with Gasteiger partial charge < -0.3 is 20.4 Å². The van der Waals surface area contributed by atoms with Gasteiger partial charge in [-0.05, 0) is 24.6 Å². The van der Waals surface area contributed by atoms with Gasteiger partial charge >= 0.3 is 5.69 Å². The zero-order valence-electron chi connectivity index (χ0n) is 8.21. The van der Waals surface area contributed by atoms with Gasteiger partial charge in [0.25, 0.3) is 0 Å². The van der Waals surface area contributed by atoms with E-state index in [-0.39, 0.29) is 12.3 Å². The number of rotatable bonds is 4. The minimum Gasteiger partial charge on any atom is -0.396 e. The molecule has 4 N–H and O–H groups in total. The van der Waals surface area contributed by atoms with Gasteiger partial charge in [0.2, 0.25) is 0 Å². The third-order valence-corrected chi connectivity index (χ3v) is 2.18. The number of hydrogen-bond acceptors (Lipinski definition) is 3. The minimum atomic E-state index is -0.197. The molecule has 5 nitrogen and oxygen atoms in total. The fraction of sp³-hybridized carbons (Fsp3) is 0.300. The van der Waals surface area contributed by atoms with Gasteiger partial charge in [0, 0.05) is 18.8 Å². The van der Waals surface area contributed by atoms with Gasteiger partial charge in [0.05, 0.1) is 11.0 Å². The van der Waals surface area contributed by atoms with E-state index in [1.807, 2.05) is 18.2 Å². The van der Waals surface area contributed by atoms with E-state index in [0.717, 1.165) is 23.3 Å². The number of nitrogens with one attached hydrogen (secondary N) is 3. The smallest absolute Gasteiger partial charge is 0.323 e. The molecule has 0 bridgehead atoms. The Morgan fingerprint density at radius 3 is 2.87 bits per heavy atom. The highest BCUT2D eigenvalue weighted by molar-refractivity contribution is 5.78. The van der Waals surface area contributed by atoms with Crippen LogP contribution in [0.5, 0.6) is 0 Å². The first kappa shape index (κ1) is 9.79. The monoisotopic (exact) mass is 207 g/mol. The van der Waals surface area contributed by atoms with Crippen LogP contribution in [0.15, 0.2) is 23.0 Å². The standard InChI is InChI=1S/C10H13N3O2/c14-5-1-4-11-7-2-3-8-9(6-7)13-10(15)12-8/h2-3,6,11,14H,1,4-5H2,(H2,12,13,15). The summed E-state index contributed by atoms with van der Waals surface area (Å²) in [5, 5.41) is 11.8. The molecule has 5 heteroatoms. The molecular formula is C10H13N3O2. The predicted molar refractivity (Wildman–Crippen MR) is 59.1 cm³/mol. The Balaban J connectivity index is 2.19. The van der Waals surface area contributed by atoms with E-state index in [9.17, 15) is 4.79 Å². The SMILES string of the molecule is O=c1[nH]c2ccc(NCCCO)cc2[nH]1. The normalized spacial score (nSPS) is 10.7. The molecule has 0 aliphatic heterocycles. The maximum Gasteiger partial charge on any atom is 0.323 e. The zero-order chi connectivity index (χ0) is 10.7. The minimum absolute atomic E-state index is 0.177. The lowest BCUT2D eigenvalue weighted by Gasteiger charge is -2.04. The second-order valence-corrected chi connectivity index (χ2v) is 3.34. The van der Waals surface area contributed by atoms with Gasteiger partial charge in [-0.25, -0.2) is 4.79 Å². The number of benzene rings is 1. The first-order valence-corrected chi connectivity index (χ1v) is 4.86. The highest BCUT2D eigenvalue weighted by atomic mass is 16.3. The molecule has 0 unspecified atom stereocenters. The Kier molecular flexibility index (Phi) is 2.73. The molecule has 0 radical (unpaired) electrons. The summed E-state index contributed by atoms with van der Waals surface area (Å²) in [6.07, 6.45) is 0.710. The summed E-state index contributed by atoms with van der Waals surface area (Å²) >= 11 is 0. The van der Waals surface area contributed by atoms with Crippen LogP contribution in [0.1, 0.15) is 6.42 Å². The number of aromatic amines is 2. The lowest BCUT2D eigenvalue weighted by Crippen LogP contribution is -2.03. The number of imidazole rings is 1. The van der Waals surface area contributed by atoms with Gasteiger partial charge in [-0.15, -0.1) is 0 Å². The summed E-state index contributed by atoms with van der Waals surface area (Å²) in [7, 11) is 0. The number of aliphatic hydroxyl groups is 1. The fourth-order valence-electron chi connectivity index (χ4n) is 1.45. The molecule has 0 aliphatic rings. The summed E-state index contributed by atoms with van der Waals surface area (Å²) in [6.45, 7) is 0.896. The predicted octanol–water partition coefficient (Wildman–Crippen LogP) is 0.650. The summed E-state index contributed by atoms with van der Waals surface area (Å²) in [5.41, 5.74) is 2.32. The largest absolute Gasteiger partial charge is 0.396 e. The molecule has 0 aliphatic carbocycles.